The van der Waals surface area contributed by atoms with E-state index < -0.39 is 0 Å². The summed E-state index contributed by atoms with van der Waals surface area (Å²) in [5, 5.41) is 16.5. The van der Waals surface area contributed by atoms with Crippen molar-refractivity contribution in [2.24, 2.45) is 4.99 Å². The van der Waals surface area contributed by atoms with E-state index in [-0.39, 0.29) is 24.0 Å². The molecule has 0 aliphatic carbocycles. The summed E-state index contributed by atoms with van der Waals surface area (Å²) in [7, 11) is 0. The fourth-order valence-corrected chi connectivity index (χ4v) is 3.88. The number of aliphatic imine (C=N–C) groups is 1. The Morgan fingerprint density at radius 1 is 1.22 bits per heavy atom. The second-order valence-electron chi connectivity index (χ2n) is 6.44. The summed E-state index contributed by atoms with van der Waals surface area (Å²) < 4.78 is 2.31. The molecule has 0 saturated heterocycles. The molecule has 1 aliphatic heterocycles. The van der Waals surface area contributed by atoms with Crippen LogP contribution in [0, 0.1) is 0 Å². The molecule has 9 heteroatoms. The number of aryl methyl sites for hydroxylation is 2. The third-order valence-electron chi connectivity index (χ3n) is 4.49. The highest BCUT2D eigenvalue weighted by Gasteiger charge is 2.14. The highest BCUT2D eigenvalue weighted by molar-refractivity contribution is 14.0. The van der Waals surface area contributed by atoms with E-state index in [0.717, 1.165) is 61.5 Å². The van der Waals surface area contributed by atoms with Gasteiger partial charge < -0.3 is 15.2 Å². The van der Waals surface area contributed by atoms with Gasteiger partial charge in [0, 0.05) is 43.5 Å². The molecule has 150 valence electrons. The minimum atomic E-state index is 0. The van der Waals surface area contributed by atoms with E-state index in [9.17, 15) is 0 Å². The number of hydrogen-bond donors (Lipinski definition) is 2. The molecule has 0 amide bonds. The first kappa shape index (κ1) is 22.1. The van der Waals surface area contributed by atoms with Crippen LogP contribution in [0.15, 0.2) is 11.2 Å². The molecular weight excluding hydrogens is 473 g/mol. The van der Waals surface area contributed by atoms with Crippen molar-refractivity contribution < 1.29 is 0 Å². The maximum absolute atomic E-state index is 4.65. The number of thiazole rings is 1. The highest BCUT2D eigenvalue weighted by atomic mass is 127. The van der Waals surface area contributed by atoms with Gasteiger partial charge in [-0.2, -0.15) is 0 Å². The van der Waals surface area contributed by atoms with Gasteiger partial charge in [-0.05, 0) is 26.2 Å². The third-order valence-corrected chi connectivity index (χ3v) is 5.62. The lowest BCUT2D eigenvalue weighted by Crippen LogP contribution is -2.38. The average Bonchev–Trinajstić information content (AvgIpc) is 3.20. The largest absolute Gasteiger partial charge is 0.357 e. The molecule has 0 aromatic carbocycles. The van der Waals surface area contributed by atoms with E-state index in [1.807, 2.05) is 6.20 Å². The third kappa shape index (κ3) is 6.41. The predicted octanol–water partition coefficient (Wildman–Crippen LogP) is 2.94. The fraction of sp³-hybridized carbons (Fsp3) is 0.667. The molecule has 0 unspecified atom stereocenters. The van der Waals surface area contributed by atoms with Gasteiger partial charge >= 0.3 is 0 Å². The Morgan fingerprint density at radius 2 is 2.11 bits per heavy atom. The summed E-state index contributed by atoms with van der Waals surface area (Å²) >= 11 is 1.74. The van der Waals surface area contributed by atoms with Gasteiger partial charge in [0.2, 0.25) is 0 Å². The smallest absolute Gasteiger partial charge is 0.191 e. The second kappa shape index (κ2) is 11.6. The molecule has 0 radical (unpaired) electrons. The van der Waals surface area contributed by atoms with Gasteiger partial charge in [0.25, 0.3) is 0 Å². The van der Waals surface area contributed by atoms with Gasteiger partial charge in [-0.25, -0.2) is 9.98 Å². The molecule has 7 nitrogen and oxygen atoms in total. The van der Waals surface area contributed by atoms with E-state index in [1.54, 1.807) is 11.3 Å². The van der Waals surface area contributed by atoms with Crippen LogP contribution in [-0.4, -0.2) is 38.8 Å². The van der Waals surface area contributed by atoms with E-state index in [0.29, 0.717) is 6.54 Å². The Morgan fingerprint density at radius 3 is 2.89 bits per heavy atom. The van der Waals surface area contributed by atoms with Crippen molar-refractivity contribution >= 4 is 41.3 Å². The topological polar surface area (TPSA) is 80.0 Å². The van der Waals surface area contributed by atoms with Crippen molar-refractivity contribution in [2.75, 3.05) is 13.1 Å². The van der Waals surface area contributed by atoms with Gasteiger partial charge in [0.1, 0.15) is 16.7 Å². The van der Waals surface area contributed by atoms with Gasteiger partial charge in [-0.3, -0.25) is 0 Å². The number of nitrogens with one attached hydrogen (secondary N) is 2. The highest BCUT2D eigenvalue weighted by Crippen LogP contribution is 2.15. The minimum Gasteiger partial charge on any atom is -0.357 e. The predicted molar refractivity (Wildman–Crippen MR) is 121 cm³/mol. The fourth-order valence-electron chi connectivity index (χ4n) is 3.10. The lowest BCUT2D eigenvalue weighted by molar-refractivity contribution is 0.600. The molecular formula is C18H30IN7S. The molecule has 0 bridgehead atoms. The number of halogens is 1. The number of nitrogens with zero attached hydrogens (tertiary/aromatic N) is 5. The van der Waals surface area contributed by atoms with Gasteiger partial charge in [0.05, 0.1) is 6.54 Å². The molecule has 27 heavy (non-hydrogen) atoms. The zero-order chi connectivity index (χ0) is 18.2. The second-order valence-corrected chi connectivity index (χ2v) is 7.64. The van der Waals surface area contributed by atoms with Gasteiger partial charge in [-0.15, -0.1) is 45.5 Å². The van der Waals surface area contributed by atoms with Crippen LogP contribution in [0.5, 0.6) is 0 Å². The minimum absolute atomic E-state index is 0. The van der Waals surface area contributed by atoms with E-state index in [4.69, 9.17) is 0 Å². The van der Waals surface area contributed by atoms with Gasteiger partial charge in [-0.1, -0.05) is 13.3 Å². The van der Waals surface area contributed by atoms with Crippen molar-refractivity contribution in [2.45, 2.75) is 65.5 Å². The SMILES string of the molecule is CCNC(=NCc1ncc(CC)s1)NCCc1nnc2n1CCCCC2.I. The molecule has 2 aromatic rings. The van der Waals surface area contributed by atoms with Crippen molar-refractivity contribution in [1.29, 1.82) is 0 Å². The monoisotopic (exact) mass is 503 g/mol. The Balaban J connectivity index is 0.00000261. The van der Waals surface area contributed by atoms with Crippen molar-refractivity contribution in [3.8, 4) is 0 Å². The standard InChI is InChI=1S/C18H29N7S.HI/c1-3-14-12-21-17(26-14)13-22-18(19-4-2)20-10-9-16-24-23-15-8-6-5-7-11-25(15)16;/h12H,3-11,13H2,1-2H3,(H2,19,20,22);1H. The Hall–Kier alpha value is -1.23. The van der Waals surface area contributed by atoms with Crippen LogP contribution in [0.1, 0.15) is 54.6 Å². The van der Waals surface area contributed by atoms with Crippen molar-refractivity contribution in [3.63, 3.8) is 0 Å². The summed E-state index contributed by atoms with van der Waals surface area (Å²) in [5.41, 5.74) is 0. The lowest BCUT2D eigenvalue weighted by Gasteiger charge is -2.11. The van der Waals surface area contributed by atoms with E-state index in [1.165, 1.54) is 24.1 Å². The molecule has 0 saturated carbocycles. The summed E-state index contributed by atoms with van der Waals surface area (Å²) in [6, 6.07) is 0. The first-order chi connectivity index (χ1) is 12.8. The zero-order valence-electron chi connectivity index (χ0n) is 16.2. The molecule has 0 spiro atoms. The van der Waals surface area contributed by atoms with Gasteiger partial charge in [0.15, 0.2) is 5.96 Å². The van der Waals surface area contributed by atoms with Crippen LogP contribution in [-0.2, 0) is 32.4 Å². The summed E-state index contributed by atoms with van der Waals surface area (Å²) in [6.07, 6.45) is 8.63. The van der Waals surface area contributed by atoms with Crippen LogP contribution in [0.3, 0.4) is 0 Å². The maximum atomic E-state index is 4.65. The van der Waals surface area contributed by atoms with Crippen LogP contribution in [0.2, 0.25) is 0 Å². The molecule has 2 aromatic heterocycles. The van der Waals surface area contributed by atoms with Crippen LogP contribution >= 0.6 is 35.3 Å². The number of hydrogen-bond acceptors (Lipinski definition) is 5. The number of aromatic nitrogens is 4. The molecule has 0 fully saturated rings. The van der Waals surface area contributed by atoms with Crippen LogP contribution in [0.4, 0.5) is 0 Å². The lowest BCUT2D eigenvalue weighted by atomic mass is 10.2. The van der Waals surface area contributed by atoms with Crippen LogP contribution in [0.25, 0.3) is 0 Å². The molecule has 0 atom stereocenters. The first-order valence-electron chi connectivity index (χ1n) is 9.66. The van der Waals surface area contributed by atoms with Crippen molar-refractivity contribution in [1.82, 2.24) is 30.4 Å². The average molecular weight is 503 g/mol. The molecule has 1 aliphatic rings. The Bertz CT molecular complexity index is 725. The van der Waals surface area contributed by atoms with Crippen molar-refractivity contribution in [3.05, 3.63) is 27.7 Å². The quantitative estimate of drug-likeness (QED) is 0.345. The number of guanidine groups is 1. The molecule has 2 N–H and O–H groups in total. The summed E-state index contributed by atoms with van der Waals surface area (Å²) in [5.74, 6) is 3.06. The zero-order valence-corrected chi connectivity index (χ0v) is 19.3. The molecule has 3 rings (SSSR count). The number of fused-ring (bicyclic) bond motifs is 1. The molecule has 3 heterocycles. The van der Waals surface area contributed by atoms with Crippen LogP contribution < -0.4 is 10.6 Å². The maximum Gasteiger partial charge on any atom is 0.191 e. The Labute approximate surface area is 182 Å². The van der Waals surface area contributed by atoms with E-state index >= 15 is 0 Å². The summed E-state index contributed by atoms with van der Waals surface area (Å²) in [4.78, 5) is 10.4. The van der Waals surface area contributed by atoms with E-state index in [2.05, 4.69) is 49.2 Å². The normalized spacial score (nSPS) is 14.2. The Kier molecular flexibility index (Phi) is 9.46. The first-order valence-corrected chi connectivity index (χ1v) is 10.5. The number of rotatable bonds is 7. The summed E-state index contributed by atoms with van der Waals surface area (Å²) in [6.45, 7) is 7.52.